The number of esters is 1. The third-order valence-electron chi connectivity index (χ3n) is 3.87. The van der Waals surface area contributed by atoms with E-state index in [1.54, 1.807) is 19.1 Å². The molecule has 1 saturated carbocycles. The lowest BCUT2D eigenvalue weighted by Crippen LogP contribution is -2.17. The number of carbonyl (C=O) groups excluding carboxylic acids is 1. The van der Waals surface area contributed by atoms with Gasteiger partial charge < -0.3 is 15.8 Å². The Morgan fingerprint density at radius 1 is 1.35 bits per heavy atom. The highest BCUT2D eigenvalue weighted by Gasteiger charge is 2.14. The minimum atomic E-state index is -0.321. The molecule has 2 rings (SSSR count). The molecule has 1 aromatic carbocycles. The molecule has 0 atom stereocenters. The quantitative estimate of drug-likeness (QED) is 0.638. The van der Waals surface area contributed by atoms with Crippen LogP contribution in [-0.2, 0) is 4.74 Å². The smallest absolute Gasteiger partial charge is 0.338 e. The maximum atomic E-state index is 11.6. The van der Waals surface area contributed by atoms with Crippen molar-refractivity contribution in [1.82, 2.24) is 0 Å². The summed E-state index contributed by atoms with van der Waals surface area (Å²) in [4.78, 5) is 11.6. The molecule has 0 saturated heterocycles. The normalized spacial score (nSPS) is 15.8. The van der Waals surface area contributed by atoms with Gasteiger partial charge in [-0.15, -0.1) is 0 Å². The van der Waals surface area contributed by atoms with Crippen LogP contribution >= 0.6 is 0 Å². The lowest BCUT2D eigenvalue weighted by molar-refractivity contribution is 0.0526. The van der Waals surface area contributed by atoms with Crippen LogP contribution in [-0.4, -0.2) is 19.1 Å². The van der Waals surface area contributed by atoms with E-state index in [1.165, 1.54) is 32.1 Å². The highest BCUT2D eigenvalue weighted by atomic mass is 16.5. The monoisotopic (exact) mass is 276 g/mol. The predicted octanol–water partition coefficient (Wildman–Crippen LogP) is 3.44. The number of benzene rings is 1. The van der Waals surface area contributed by atoms with Crippen molar-refractivity contribution in [1.29, 1.82) is 0 Å². The summed E-state index contributed by atoms with van der Waals surface area (Å²) in [5, 5.41) is 3.40. The van der Waals surface area contributed by atoms with E-state index >= 15 is 0 Å². The Bertz CT molecular complexity index is 454. The standard InChI is InChI=1S/C16H24N2O2/c1-2-20-16(19)13-8-9-15(14(17)10-13)18-11-12-6-4-3-5-7-12/h8-10,12,18H,2-7,11,17H2,1H3. The van der Waals surface area contributed by atoms with Gasteiger partial charge in [-0.3, -0.25) is 0 Å². The molecule has 1 aromatic rings. The molecule has 0 radical (unpaired) electrons. The minimum Gasteiger partial charge on any atom is -0.462 e. The second kappa shape index (κ2) is 7.17. The summed E-state index contributed by atoms with van der Waals surface area (Å²) in [5.74, 6) is 0.422. The van der Waals surface area contributed by atoms with Crippen LogP contribution < -0.4 is 11.1 Å². The maximum absolute atomic E-state index is 11.6. The van der Waals surface area contributed by atoms with Crippen LogP contribution in [0.15, 0.2) is 18.2 Å². The highest BCUT2D eigenvalue weighted by molar-refractivity contribution is 5.91. The van der Waals surface area contributed by atoms with Crippen LogP contribution in [0.2, 0.25) is 0 Å². The van der Waals surface area contributed by atoms with Gasteiger partial charge in [0.15, 0.2) is 0 Å². The van der Waals surface area contributed by atoms with E-state index in [9.17, 15) is 4.79 Å². The van der Waals surface area contributed by atoms with Gasteiger partial charge in [-0.1, -0.05) is 19.3 Å². The highest BCUT2D eigenvalue weighted by Crippen LogP contribution is 2.26. The Kier molecular flexibility index (Phi) is 5.27. The van der Waals surface area contributed by atoms with Gasteiger partial charge in [-0.05, 0) is 43.9 Å². The van der Waals surface area contributed by atoms with Gasteiger partial charge in [-0.2, -0.15) is 0 Å². The number of hydrogen-bond acceptors (Lipinski definition) is 4. The van der Waals surface area contributed by atoms with E-state index in [4.69, 9.17) is 10.5 Å². The Labute approximate surface area is 120 Å². The third-order valence-corrected chi connectivity index (χ3v) is 3.87. The second-order valence-electron chi connectivity index (χ2n) is 5.41. The molecule has 4 nitrogen and oxygen atoms in total. The molecule has 4 heteroatoms. The van der Waals surface area contributed by atoms with Gasteiger partial charge in [0.2, 0.25) is 0 Å². The molecule has 0 unspecified atom stereocenters. The fourth-order valence-corrected chi connectivity index (χ4v) is 2.71. The zero-order valence-electron chi connectivity index (χ0n) is 12.2. The first-order chi connectivity index (χ1) is 9.70. The van der Waals surface area contributed by atoms with Crippen LogP contribution in [0.3, 0.4) is 0 Å². The first-order valence-electron chi connectivity index (χ1n) is 7.51. The number of carbonyl (C=O) groups is 1. The van der Waals surface area contributed by atoms with E-state index in [1.807, 2.05) is 6.07 Å². The van der Waals surface area contributed by atoms with E-state index in [0.29, 0.717) is 17.9 Å². The van der Waals surface area contributed by atoms with Crippen molar-refractivity contribution >= 4 is 17.3 Å². The van der Waals surface area contributed by atoms with Crippen LogP contribution in [0.25, 0.3) is 0 Å². The molecule has 20 heavy (non-hydrogen) atoms. The van der Waals surface area contributed by atoms with Crippen LogP contribution in [0.4, 0.5) is 11.4 Å². The van der Waals surface area contributed by atoms with Crippen molar-refractivity contribution in [3.05, 3.63) is 23.8 Å². The summed E-state index contributed by atoms with van der Waals surface area (Å²) in [6.07, 6.45) is 6.64. The molecular formula is C16H24N2O2. The summed E-state index contributed by atoms with van der Waals surface area (Å²) in [5.41, 5.74) is 8.02. The summed E-state index contributed by atoms with van der Waals surface area (Å²) < 4.78 is 4.96. The number of nitrogens with one attached hydrogen (secondary N) is 1. The van der Waals surface area contributed by atoms with Crippen molar-refractivity contribution in [3.63, 3.8) is 0 Å². The van der Waals surface area contributed by atoms with E-state index in [-0.39, 0.29) is 5.97 Å². The molecule has 0 amide bonds. The lowest BCUT2D eigenvalue weighted by Gasteiger charge is -2.22. The molecule has 1 aliphatic rings. The Morgan fingerprint density at radius 2 is 2.10 bits per heavy atom. The molecule has 0 aromatic heterocycles. The fraction of sp³-hybridized carbons (Fsp3) is 0.562. The lowest BCUT2D eigenvalue weighted by atomic mass is 9.89. The predicted molar refractivity (Wildman–Crippen MR) is 81.9 cm³/mol. The molecule has 0 spiro atoms. The van der Waals surface area contributed by atoms with Crippen molar-refractivity contribution < 1.29 is 9.53 Å². The van der Waals surface area contributed by atoms with E-state index in [0.717, 1.165) is 18.2 Å². The molecule has 0 heterocycles. The van der Waals surface area contributed by atoms with Gasteiger partial charge in [0.25, 0.3) is 0 Å². The first kappa shape index (κ1) is 14.7. The number of ether oxygens (including phenoxy) is 1. The molecule has 1 fully saturated rings. The number of nitrogen functional groups attached to an aromatic ring is 1. The average molecular weight is 276 g/mol. The fourth-order valence-electron chi connectivity index (χ4n) is 2.71. The van der Waals surface area contributed by atoms with Crippen LogP contribution in [0.5, 0.6) is 0 Å². The number of nitrogens with two attached hydrogens (primary N) is 1. The zero-order valence-corrected chi connectivity index (χ0v) is 12.2. The SMILES string of the molecule is CCOC(=O)c1ccc(NCC2CCCCC2)c(N)c1. The number of rotatable bonds is 5. The van der Waals surface area contributed by atoms with Gasteiger partial charge in [0, 0.05) is 6.54 Å². The topological polar surface area (TPSA) is 64.3 Å². The maximum Gasteiger partial charge on any atom is 0.338 e. The summed E-state index contributed by atoms with van der Waals surface area (Å²) in [6.45, 7) is 3.13. The third kappa shape index (κ3) is 3.89. The summed E-state index contributed by atoms with van der Waals surface area (Å²) in [7, 11) is 0. The van der Waals surface area contributed by atoms with Gasteiger partial charge in [0.1, 0.15) is 0 Å². The minimum absolute atomic E-state index is 0.321. The van der Waals surface area contributed by atoms with Gasteiger partial charge in [-0.25, -0.2) is 4.79 Å². The average Bonchev–Trinajstić information content (AvgIpc) is 2.47. The number of anilines is 2. The first-order valence-corrected chi connectivity index (χ1v) is 7.51. The Hall–Kier alpha value is -1.71. The molecular weight excluding hydrogens is 252 g/mol. The van der Waals surface area contributed by atoms with Gasteiger partial charge >= 0.3 is 5.97 Å². The Morgan fingerprint density at radius 3 is 2.75 bits per heavy atom. The molecule has 110 valence electrons. The summed E-state index contributed by atoms with van der Waals surface area (Å²) >= 11 is 0. The van der Waals surface area contributed by atoms with Gasteiger partial charge in [0.05, 0.1) is 23.5 Å². The van der Waals surface area contributed by atoms with Crippen LogP contribution in [0.1, 0.15) is 49.4 Å². The molecule has 1 aliphatic carbocycles. The zero-order chi connectivity index (χ0) is 14.4. The largest absolute Gasteiger partial charge is 0.462 e. The summed E-state index contributed by atoms with van der Waals surface area (Å²) in [6, 6.07) is 5.31. The van der Waals surface area contributed by atoms with Crippen molar-refractivity contribution in [2.75, 3.05) is 24.2 Å². The molecule has 0 aliphatic heterocycles. The van der Waals surface area contributed by atoms with Crippen LogP contribution in [0, 0.1) is 5.92 Å². The van der Waals surface area contributed by atoms with Crippen molar-refractivity contribution in [2.45, 2.75) is 39.0 Å². The number of hydrogen-bond donors (Lipinski definition) is 2. The van der Waals surface area contributed by atoms with Crippen molar-refractivity contribution in [2.24, 2.45) is 5.92 Å². The van der Waals surface area contributed by atoms with E-state index in [2.05, 4.69) is 5.32 Å². The molecule has 3 N–H and O–H groups in total. The van der Waals surface area contributed by atoms with Crippen molar-refractivity contribution in [3.8, 4) is 0 Å². The Balaban J connectivity index is 1.93. The van der Waals surface area contributed by atoms with E-state index < -0.39 is 0 Å². The second-order valence-corrected chi connectivity index (χ2v) is 5.41. The molecule has 0 bridgehead atoms.